The number of likely N-dealkylation sites (tertiary alicyclic amines) is 1. The summed E-state index contributed by atoms with van der Waals surface area (Å²) in [6, 6.07) is 3.15. The highest BCUT2D eigenvalue weighted by Gasteiger charge is 2.19. The largest absolute Gasteiger partial charge is 0.349 e. The molecule has 1 atom stereocenters. The summed E-state index contributed by atoms with van der Waals surface area (Å²) in [5.74, 6) is -1.32. The van der Waals surface area contributed by atoms with Gasteiger partial charge in [0.1, 0.15) is 11.5 Å². The second kappa shape index (κ2) is 7.95. The monoisotopic (exact) mass is 362 g/mol. The molecule has 0 aliphatic carbocycles. The molecule has 3 rings (SSSR count). The Morgan fingerprint density at radius 2 is 2.04 bits per heavy atom. The molecule has 1 amide bonds. The summed E-state index contributed by atoms with van der Waals surface area (Å²) in [6.07, 6.45) is 4.49. The first-order valence-corrected chi connectivity index (χ1v) is 8.97. The maximum absolute atomic E-state index is 14.0. The fourth-order valence-electron chi connectivity index (χ4n) is 3.40. The van der Waals surface area contributed by atoms with Crippen LogP contribution in [0.15, 0.2) is 24.4 Å². The topological polar surface area (TPSA) is 50.2 Å². The van der Waals surface area contributed by atoms with Crippen molar-refractivity contribution >= 4 is 5.91 Å². The van der Waals surface area contributed by atoms with Crippen LogP contribution in [0, 0.1) is 18.6 Å². The Morgan fingerprint density at radius 3 is 2.73 bits per heavy atom. The zero-order valence-corrected chi connectivity index (χ0v) is 15.1. The van der Waals surface area contributed by atoms with Gasteiger partial charge < -0.3 is 10.2 Å². The van der Waals surface area contributed by atoms with Crippen LogP contribution in [-0.2, 0) is 4.79 Å². The minimum Gasteiger partial charge on any atom is -0.349 e. The van der Waals surface area contributed by atoms with Crippen molar-refractivity contribution in [2.45, 2.75) is 39.2 Å². The summed E-state index contributed by atoms with van der Waals surface area (Å²) >= 11 is 0. The van der Waals surface area contributed by atoms with Crippen molar-refractivity contribution in [3.63, 3.8) is 0 Å². The van der Waals surface area contributed by atoms with Gasteiger partial charge >= 0.3 is 0 Å². The van der Waals surface area contributed by atoms with Gasteiger partial charge in [-0.3, -0.25) is 4.79 Å². The molecule has 0 saturated carbocycles. The fraction of sp³-hybridized carbons (Fsp3) is 0.474. The van der Waals surface area contributed by atoms with Gasteiger partial charge in [0.2, 0.25) is 5.91 Å². The van der Waals surface area contributed by atoms with Crippen molar-refractivity contribution in [3.8, 4) is 5.69 Å². The number of rotatable bonds is 6. The lowest BCUT2D eigenvalue weighted by Gasteiger charge is -2.17. The summed E-state index contributed by atoms with van der Waals surface area (Å²) in [6.45, 7) is 6.59. The van der Waals surface area contributed by atoms with Gasteiger partial charge in [0.05, 0.1) is 12.2 Å². The van der Waals surface area contributed by atoms with Crippen molar-refractivity contribution in [3.05, 3.63) is 47.3 Å². The first kappa shape index (κ1) is 18.5. The van der Waals surface area contributed by atoms with E-state index in [4.69, 9.17) is 0 Å². The molecule has 0 radical (unpaired) electrons. The van der Waals surface area contributed by atoms with E-state index in [9.17, 15) is 13.6 Å². The molecular formula is C19H24F2N4O. The highest BCUT2D eigenvalue weighted by Crippen LogP contribution is 2.22. The SMILES string of the molecule is Cc1c([C@@H](C)NC(=O)CCN2CCCC2)cnn1-c1ccc(F)cc1F. The highest BCUT2D eigenvalue weighted by molar-refractivity contribution is 5.76. The fourth-order valence-corrected chi connectivity index (χ4v) is 3.40. The molecule has 0 spiro atoms. The van der Waals surface area contributed by atoms with Crippen molar-refractivity contribution in [2.75, 3.05) is 19.6 Å². The molecule has 1 fully saturated rings. The summed E-state index contributed by atoms with van der Waals surface area (Å²) in [5, 5.41) is 7.19. The summed E-state index contributed by atoms with van der Waals surface area (Å²) in [4.78, 5) is 14.5. The lowest BCUT2D eigenvalue weighted by atomic mass is 10.1. The van der Waals surface area contributed by atoms with Gasteiger partial charge in [0.15, 0.2) is 5.82 Å². The first-order chi connectivity index (χ1) is 12.5. The number of carbonyl (C=O) groups is 1. The van der Waals surface area contributed by atoms with Crippen LogP contribution in [0.5, 0.6) is 0 Å². The van der Waals surface area contributed by atoms with Gasteiger partial charge in [-0.25, -0.2) is 13.5 Å². The Balaban J connectivity index is 1.65. The predicted octanol–water partition coefficient (Wildman–Crippen LogP) is 3.12. The molecule has 1 aromatic heterocycles. The number of halogens is 2. The Morgan fingerprint density at radius 1 is 1.31 bits per heavy atom. The maximum atomic E-state index is 14.0. The van der Waals surface area contributed by atoms with Gasteiger partial charge in [0.25, 0.3) is 0 Å². The van der Waals surface area contributed by atoms with Gasteiger partial charge in [-0.2, -0.15) is 5.10 Å². The highest BCUT2D eigenvalue weighted by atomic mass is 19.1. The molecule has 1 aliphatic heterocycles. The molecule has 5 nitrogen and oxygen atoms in total. The van der Waals surface area contributed by atoms with Gasteiger partial charge in [-0.15, -0.1) is 0 Å². The molecule has 26 heavy (non-hydrogen) atoms. The molecule has 0 bridgehead atoms. The smallest absolute Gasteiger partial charge is 0.221 e. The lowest BCUT2D eigenvalue weighted by molar-refractivity contribution is -0.122. The lowest BCUT2D eigenvalue weighted by Crippen LogP contribution is -2.31. The van der Waals surface area contributed by atoms with E-state index in [1.807, 2.05) is 6.92 Å². The number of benzene rings is 1. The van der Waals surface area contributed by atoms with Gasteiger partial charge in [0, 0.05) is 30.3 Å². The van der Waals surface area contributed by atoms with Crippen molar-refractivity contribution in [1.29, 1.82) is 0 Å². The second-order valence-corrected chi connectivity index (χ2v) is 6.78. The number of amides is 1. The number of aromatic nitrogens is 2. The third-order valence-corrected chi connectivity index (χ3v) is 4.88. The van der Waals surface area contributed by atoms with Crippen LogP contribution >= 0.6 is 0 Å². The van der Waals surface area contributed by atoms with Crippen molar-refractivity contribution in [1.82, 2.24) is 20.0 Å². The van der Waals surface area contributed by atoms with Crippen LogP contribution in [0.2, 0.25) is 0 Å². The van der Waals surface area contributed by atoms with Crippen molar-refractivity contribution < 1.29 is 13.6 Å². The van der Waals surface area contributed by atoms with Gasteiger partial charge in [-0.05, 0) is 51.9 Å². The quantitative estimate of drug-likeness (QED) is 0.859. The summed E-state index contributed by atoms with van der Waals surface area (Å²) in [7, 11) is 0. The maximum Gasteiger partial charge on any atom is 0.221 e. The normalized spacial score (nSPS) is 16.0. The predicted molar refractivity (Wildman–Crippen MR) is 95.1 cm³/mol. The minimum atomic E-state index is -0.676. The molecule has 2 aromatic rings. The molecule has 2 heterocycles. The molecule has 140 valence electrons. The number of carbonyl (C=O) groups excluding carboxylic acids is 1. The average Bonchev–Trinajstić information content (AvgIpc) is 3.23. The molecule has 1 aliphatic rings. The van der Waals surface area contributed by atoms with Crippen molar-refractivity contribution in [2.24, 2.45) is 0 Å². The summed E-state index contributed by atoms with van der Waals surface area (Å²) < 4.78 is 28.5. The summed E-state index contributed by atoms with van der Waals surface area (Å²) in [5.41, 5.74) is 1.70. The number of nitrogens with one attached hydrogen (secondary N) is 1. The van der Waals surface area contributed by atoms with Crippen LogP contribution < -0.4 is 5.32 Å². The van der Waals surface area contributed by atoms with Gasteiger partial charge in [-0.1, -0.05) is 0 Å². The molecule has 0 unspecified atom stereocenters. The number of nitrogens with zero attached hydrogens (tertiary/aromatic N) is 3. The first-order valence-electron chi connectivity index (χ1n) is 8.97. The molecule has 1 saturated heterocycles. The zero-order chi connectivity index (χ0) is 18.7. The Kier molecular flexibility index (Phi) is 5.66. The van der Waals surface area contributed by atoms with Crippen LogP contribution in [0.25, 0.3) is 5.69 Å². The second-order valence-electron chi connectivity index (χ2n) is 6.78. The number of hydrogen-bond acceptors (Lipinski definition) is 3. The van der Waals surface area contributed by atoms with Crippen LogP contribution in [-0.4, -0.2) is 40.2 Å². The number of hydrogen-bond donors (Lipinski definition) is 1. The van der Waals surface area contributed by atoms with Crippen LogP contribution in [0.1, 0.15) is 43.5 Å². The molecule has 1 N–H and O–H groups in total. The Labute approximate surface area is 152 Å². The zero-order valence-electron chi connectivity index (χ0n) is 15.1. The third-order valence-electron chi connectivity index (χ3n) is 4.88. The molecule has 7 heteroatoms. The Bertz CT molecular complexity index is 784. The van der Waals surface area contributed by atoms with E-state index < -0.39 is 11.6 Å². The minimum absolute atomic E-state index is 0.00971. The van der Waals surface area contributed by atoms with E-state index >= 15 is 0 Å². The third kappa shape index (κ3) is 4.09. The molecule has 1 aromatic carbocycles. The van der Waals surface area contributed by atoms with E-state index in [1.165, 1.54) is 29.7 Å². The van der Waals surface area contributed by atoms with Crippen LogP contribution in [0.4, 0.5) is 8.78 Å². The van der Waals surface area contributed by atoms with E-state index in [0.29, 0.717) is 12.1 Å². The van der Waals surface area contributed by atoms with E-state index in [-0.39, 0.29) is 17.6 Å². The standard InChI is InChI=1S/C19H24F2N4O/c1-13(23-19(26)7-10-24-8-3-4-9-24)16-12-22-25(14(16)2)18-6-5-15(20)11-17(18)21/h5-6,11-13H,3-4,7-10H2,1-2H3,(H,23,26)/t13-/m1/s1. The molecular weight excluding hydrogens is 338 g/mol. The average molecular weight is 362 g/mol. The Hall–Kier alpha value is -2.28. The van der Waals surface area contributed by atoms with E-state index in [1.54, 1.807) is 13.1 Å². The van der Waals surface area contributed by atoms with Crippen LogP contribution in [0.3, 0.4) is 0 Å². The van der Waals surface area contributed by atoms with E-state index in [0.717, 1.165) is 31.3 Å². The van der Waals surface area contributed by atoms with E-state index in [2.05, 4.69) is 15.3 Å².